The van der Waals surface area contributed by atoms with Gasteiger partial charge in [-0.2, -0.15) is 5.10 Å². The average Bonchev–Trinajstić information content (AvgIpc) is 2.24. The van der Waals surface area contributed by atoms with Gasteiger partial charge in [0.15, 0.2) is 0 Å². The van der Waals surface area contributed by atoms with Gasteiger partial charge in [0.1, 0.15) is 5.69 Å². The van der Waals surface area contributed by atoms with Crippen LogP contribution in [0.1, 0.15) is 16.8 Å². The first kappa shape index (κ1) is 10.4. The molecule has 0 atom stereocenters. The summed E-state index contributed by atoms with van der Waals surface area (Å²) in [6, 6.07) is 9.76. The maximum absolute atomic E-state index is 11.0. The highest BCUT2D eigenvalue weighted by Gasteiger charge is 2.01. The number of hydrogen-bond acceptors (Lipinski definition) is 3. The predicted octanol–water partition coefficient (Wildman–Crippen LogP) is 1.25. The molecule has 0 saturated heterocycles. The summed E-state index contributed by atoms with van der Waals surface area (Å²) in [6.07, 6.45) is 0.669. The number of aromatic nitrogens is 2. The monoisotopic (exact) mass is 215 g/mol. The van der Waals surface area contributed by atoms with Crippen LogP contribution in [0, 0.1) is 6.92 Å². The van der Waals surface area contributed by atoms with Gasteiger partial charge < -0.3 is 5.73 Å². The summed E-state index contributed by atoms with van der Waals surface area (Å²) in [7, 11) is 0. The highest BCUT2D eigenvalue weighted by Crippen LogP contribution is 2.09. The second-order valence-corrected chi connectivity index (χ2v) is 3.81. The molecule has 0 radical (unpaired) electrons. The zero-order valence-corrected chi connectivity index (χ0v) is 9.03. The van der Waals surface area contributed by atoms with Crippen LogP contribution in [-0.4, -0.2) is 10.2 Å². The van der Waals surface area contributed by atoms with E-state index in [2.05, 4.69) is 16.3 Å². The summed E-state index contributed by atoms with van der Waals surface area (Å²) >= 11 is 0. The van der Waals surface area contributed by atoms with Crippen molar-refractivity contribution >= 4 is 5.69 Å². The highest BCUT2D eigenvalue weighted by atomic mass is 16.1. The van der Waals surface area contributed by atoms with E-state index < -0.39 is 0 Å². The van der Waals surface area contributed by atoms with Crippen molar-refractivity contribution in [1.29, 1.82) is 0 Å². The molecule has 0 aliphatic rings. The zero-order chi connectivity index (χ0) is 11.5. The molecule has 82 valence electrons. The third-order valence-corrected chi connectivity index (χ3v) is 2.35. The summed E-state index contributed by atoms with van der Waals surface area (Å²) in [5, 5.41) is 6.32. The molecule has 16 heavy (non-hydrogen) atoms. The van der Waals surface area contributed by atoms with E-state index in [4.69, 9.17) is 5.73 Å². The molecule has 1 aromatic carbocycles. The van der Waals surface area contributed by atoms with Gasteiger partial charge in [-0.15, -0.1) is 0 Å². The number of nitrogens with one attached hydrogen (secondary N) is 1. The SMILES string of the molecule is Cc1cccc(Cc2cc(N)c(=O)[nH]n2)c1. The number of rotatable bonds is 2. The molecule has 2 rings (SSSR count). The first-order valence-electron chi connectivity index (χ1n) is 5.05. The topological polar surface area (TPSA) is 71.8 Å². The molecule has 1 aromatic heterocycles. The second-order valence-electron chi connectivity index (χ2n) is 3.81. The lowest BCUT2D eigenvalue weighted by Gasteiger charge is -2.02. The second kappa shape index (κ2) is 4.18. The Bertz CT molecular complexity index is 560. The Morgan fingerprint density at radius 3 is 2.88 bits per heavy atom. The van der Waals surface area contributed by atoms with E-state index in [1.807, 2.05) is 25.1 Å². The summed E-state index contributed by atoms with van der Waals surface area (Å²) < 4.78 is 0. The fourth-order valence-electron chi connectivity index (χ4n) is 1.59. The maximum Gasteiger partial charge on any atom is 0.287 e. The third-order valence-electron chi connectivity index (χ3n) is 2.35. The van der Waals surface area contributed by atoms with Gasteiger partial charge in [-0.25, -0.2) is 5.10 Å². The van der Waals surface area contributed by atoms with Crippen molar-refractivity contribution in [2.24, 2.45) is 0 Å². The maximum atomic E-state index is 11.0. The van der Waals surface area contributed by atoms with Crippen LogP contribution in [0.5, 0.6) is 0 Å². The molecule has 0 aliphatic heterocycles. The van der Waals surface area contributed by atoms with Crippen LogP contribution >= 0.6 is 0 Å². The van der Waals surface area contributed by atoms with Crippen molar-refractivity contribution in [3.63, 3.8) is 0 Å². The van der Waals surface area contributed by atoms with E-state index in [-0.39, 0.29) is 11.2 Å². The Morgan fingerprint density at radius 2 is 2.19 bits per heavy atom. The normalized spacial score (nSPS) is 10.3. The standard InChI is InChI=1S/C12H13N3O/c1-8-3-2-4-9(5-8)6-10-7-11(13)12(16)15-14-10/h2-5,7H,6H2,1H3,(H2,13,14)(H,15,16). The van der Waals surface area contributed by atoms with E-state index in [9.17, 15) is 4.79 Å². The van der Waals surface area contributed by atoms with Gasteiger partial charge in [0, 0.05) is 6.42 Å². The van der Waals surface area contributed by atoms with Gasteiger partial charge in [-0.05, 0) is 18.6 Å². The van der Waals surface area contributed by atoms with Crippen molar-refractivity contribution in [2.45, 2.75) is 13.3 Å². The summed E-state index contributed by atoms with van der Waals surface area (Å²) in [6.45, 7) is 2.04. The van der Waals surface area contributed by atoms with Crippen LogP contribution in [-0.2, 0) is 6.42 Å². The minimum absolute atomic E-state index is 0.206. The van der Waals surface area contributed by atoms with E-state index >= 15 is 0 Å². The van der Waals surface area contributed by atoms with Gasteiger partial charge in [0.05, 0.1) is 5.69 Å². The zero-order valence-electron chi connectivity index (χ0n) is 9.03. The summed E-state index contributed by atoms with van der Waals surface area (Å²) in [5.74, 6) is 0. The number of nitrogens with zero attached hydrogens (tertiary/aromatic N) is 1. The quantitative estimate of drug-likeness (QED) is 0.792. The number of aromatic amines is 1. The molecule has 0 aliphatic carbocycles. The van der Waals surface area contributed by atoms with Crippen LogP contribution in [0.2, 0.25) is 0 Å². The van der Waals surface area contributed by atoms with E-state index in [1.165, 1.54) is 5.56 Å². The van der Waals surface area contributed by atoms with Crippen LogP contribution in [0.4, 0.5) is 5.69 Å². The molecule has 0 bridgehead atoms. The molecular weight excluding hydrogens is 202 g/mol. The molecular formula is C12H13N3O. The lowest BCUT2D eigenvalue weighted by atomic mass is 10.1. The van der Waals surface area contributed by atoms with E-state index in [0.29, 0.717) is 6.42 Å². The fourth-order valence-corrected chi connectivity index (χ4v) is 1.59. The van der Waals surface area contributed by atoms with Crippen LogP contribution in [0.15, 0.2) is 35.1 Å². The molecule has 2 aromatic rings. The lowest BCUT2D eigenvalue weighted by molar-refractivity contribution is 0.914. The molecule has 3 N–H and O–H groups in total. The number of anilines is 1. The Hall–Kier alpha value is -2.10. The highest BCUT2D eigenvalue weighted by molar-refractivity contribution is 5.36. The van der Waals surface area contributed by atoms with Gasteiger partial charge in [0.2, 0.25) is 0 Å². The molecule has 0 fully saturated rings. The number of H-pyrrole nitrogens is 1. The van der Waals surface area contributed by atoms with Crippen molar-refractivity contribution < 1.29 is 0 Å². The van der Waals surface area contributed by atoms with Gasteiger partial charge >= 0.3 is 0 Å². The molecule has 0 unspecified atom stereocenters. The largest absolute Gasteiger partial charge is 0.394 e. The number of hydrogen-bond donors (Lipinski definition) is 2. The van der Waals surface area contributed by atoms with E-state index in [0.717, 1.165) is 11.3 Å². The van der Waals surface area contributed by atoms with Gasteiger partial charge in [-0.1, -0.05) is 29.8 Å². The molecule has 0 spiro atoms. The minimum Gasteiger partial charge on any atom is -0.394 e. The fraction of sp³-hybridized carbons (Fsp3) is 0.167. The van der Waals surface area contributed by atoms with Crippen LogP contribution in [0.3, 0.4) is 0 Å². The Morgan fingerprint density at radius 1 is 1.38 bits per heavy atom. The first-order chi connectivity index (χ1) is 7.65. The number of aryl methyl sites for hydroxylation is 1. The Labute approximate surface area is 93.1 Å². The molecule has 0 amide bonds. The number of benzene rings is 1. The third kappa shape index (κ3) is 2.28. The lowest BCUT2D eigenvalue weighted by Crippen LogP contribution is -2.14. The van der Waals surface area contributed by atoms with Gasteiger partial charge in [-0.3, -0.25) is 4.79 Å². The van der Waals surface area contributed by atoms with Crippen molar-refractivity contribution in [2.75, 3.05) is 5.73 Å². The van der Waals surface area contributed by atoms with Crippen molar-refractivity contribution in [3.05, 3.63) is 57.5 Å². The number of nitrogens with two attached hydrogens (primary N) is 1. The van der Waals surface area contributed by atoms with Crippen molar-refractivity contribution in [1.82, 2.24) is 10.2 Å². The first-order valence-corrected chi connectivity index (χ1v) is 5.05. The summed E-state index contributed by atoms with van der Waals surface area (Å²) in [5.41, 5.74) is 8.51. The van der Waals surface area contributed by atoms with Gasteiger partial charge in [0.25, 0.3) is 5.56 Å². The predicted molar refractivity (Wildman–Crippen MR) is 63.3 cm³/mol. The van der Waals surface area contributed by atoms with Crippen LogP contribution < -0.4 is 11.3 Å². The summed E-state index contributed by atoms with van der Waals surface area (Å²) in [4.78, 5) is 11.0. The van der Waals surface area contributed by atoms with Crippen molar-refractivity contribution in [3.8, 4) is 0 Å². The average molecular weight is 215 g/mol. The van der Waals surface area contributed by atoms with Crippen LogP contribution in [0.25, 0.3) is 0 Å². The molecule has 4 nitrogen and oxygen atoms in total. The Balaban J connectivity index is 2.27. The van der Waals surface area contributed by atoms with E-state index in [1.54, 1.807) is 6.07 Å². The Kier molecular flexibility index (Phi) is 2.72. The minimum atomic E-state index is -0.340. The molecule has 1 heterocycles. The number of nitrogen functional groups attached to an aromatic ring is 1. The molecule has 4 heteroatoms. The smallest absolute Gasteiger partial charge is 0.287 e. The molecule has 0 saturated carbocycles.